The fraction of sp³-hybridized carbons (Fsp3) is 0.222. The van der Waals surface area contributed by atoms with E-state index < -0.39 is 18.0 Å². The van der Waals surface area contributed by atoms with Gasteiger partial charge in [-0.15, -0.1) is 0 Å². The van der Waals surface area contributed by atoms with Crippen LogP contribution in [0.15, 0.2) is 48.5 Å². The second kappa shape index (κ2) is 9.42. The van der Waals surface area contributed by atoms with E-state index in [2.05, 4.69) is 16.0 Å². The molecule has 5 nitrogen and oxygen atoms in total. The Morgan fingerprint density at radius 2 is 1.80 bits per heavy atom. The Labute approximate surface area is 156 Å². The zero-order valence-electron chi connectivity index (χ0n) is 13.7. The predicted octanol–water partition coefficient (Wildman–Crippen LogP) is 3.32. The van der Waals surface area contributed by atoms with Gasteiger partial charge in [-0.1, -0.05) is 59.6 Å². The third-order valence-electron chi connectivity index (χ3n) is 3.62. The number of benzene rings is 2. The second-order valence-electron chi connectivity index (χ2n) is 5.35. The number of carbonyl (C=O) groups excluding carboxylic acids is 2. The van der Waals surface area contributed by atoms with Crippen LogP contribution in [0.3, 0.4) is 0 Å². The fourth-order valence-electron chi connectivity index (χ4n) is 2.33. The van der Waals surface area contributed by atoms with E-state index in [1.165, 1.54) is 7.05 Å². The lowest BCUT2D eigenvalue weighted by Gasteiger charge is -2.18. The molecule has 0 saturated carbocycles. The van der Waals surface area contributed by atoms with Crippen LogP contribution in [0, 0.1) is 0 Å². The zero-order chi connectivity index (χ0) is 18.2. The molecule has 0 unspecified atom stereocenters. The molecule has 0 spiro atoms. The van der Waals surface area contributed by atoms with Gasteiger partial charge in [0.1, 0.15) is 6.04 Å². The van der Waals surface area contributed by atoms with Gasteiger partial charge in [-0.25, -0.2) is 4.79 Å². The summed E-state index contributed by atoms with van der Waals surface area (Å²) in [7, 11) is 1.45. The van der Waals surface area contributed by atoms with Crippen LogP contribution >= 0.6 is 23.2 Å². The van der Waals surface area contributed by atoms with Gasteiger partial charge in [-0.3, -0.25) is 10.1 Å². The summed E-state index contributed by atoms with van der Waals surface area (Å²) in [6.45, 7) is 0.502. The van der Waals surface area contributed by atoms with E-state index in [4.69, 9.17) is 23.2 Å². The van der Waals surface area contributed by atoms with Crippen molar-refractivity contribution in [1.29, 1.82) is 0 Å². The fourth-order valence-corrected chi connectivity index (χ4v) is 2.83. The number of hydrogen-bond donors (Lipinski definition) is 3. The Morgan fingerprint density at radius 1 is 1.08 bits per heavy atom. The van der Waals surface area contributed by atoms with Crippen molar-refractivity contribution >= 4 is 35.1 Å². The summed E-state index contributed by atoms with van der Waals surface area (Å²) >= 11 is 12.1. The van der Waals surface area contributed by atoms with Crippen molar-refractivity contribution in [3.63, 3.8) is 0 Å². The van der Waals surface area contributed by atoms with Crippen molar-refractivity contribution in [2.24, 2.45) is 0 Å². The monoisotopic (exact) mass is 379 g/mol. The first-order chi connectivity index (χ1) is 12.0. The van der Waals surface area contributed by atoms with Gasteiger partial charge in [0.15, 0.2) is 0 Å². The van der Waals surface area contributed by atoms with Crippen LogP contribution in [0.1, 0.15) is 17.2 Å². The quantitative estimate of drug-likeness (QED) is 0.720. The van der Waals surface area contributed by atoms with E-state index in [-0.39, 0.29) is 0 Å². The highest BCUT2D eigenvalue weighted by molar-refractivity contribution is 6.35. The van der Waals surface area contributed by atoms with Gasteiger partial charge in [0.05, 0.1) is 0 Å². The number of imide groups is 1. The minimum Gasteiger partial charge on any atom is -0.341 e. The Bertz CT molecular complexity index is 738. The maximum absolute atomic E-state index is 12.4. The Balaban J connectivity index is 2.05. The van der Waals surface area contributed by atoms with E-state index in [0.29, 0.717) is 23.0 Å². The third-order valence-corrected chi connectivity index (χ3v) is 4.20. The standard InChI is InChI=1S/C18H19Cl2N3O2/c1-21-18(25)23-17(24)16(13-5-3-2-4-6-13)22-10-9-12-7-8-14(19)11-15(12)20/h2-8,11,16,22H,9-10H2,1H3,(H2,21,23,24,25)/t16-/m1/s1. The number of halogens is 2. The molecule has 3 N–H and O–H groups in total. The van der Waals surface area contributed by atoms with Crippen LogP contribution in [-0.4, -0.2) is 25.5 Å². The average Bonchev–Trinajstić information content (AvgIpc) is 2.60. The normalized spacial score (nSPS) is 11.6. The highest BCUT2D eigenvalue weighted by Crippen LogP contribution is 2.21. The summed E-state index contributed by atoms with van der Waals surface area (Å²) in [5, 5.41) is 9.00. The molecule has 7 heteroatoms. The summed E-state index contributed by atoms with van der Waals surface area (Å²) in [4.78, 5) is 23.8. The van der Waals surface area contributed by atoms with Crippen LogP contribution in [-0.2, 0) is 11.2 Å². The summed E-state index contributed by atoms with van der Waals surface area (Å²) < 4.78 is 0. The largest absolute Gasteiger partial charge is 0.341 e. The van der Waals surface area contributed by atoms with Crippen molar-refractivity contribution in [2.75, 3.05) is 13.6 Å². The van der Waals surface area contributed by atoms with Gasteiger partial charge >= 0.3 is 6.03 Å². The minimum absolute atomic E-state index is 0.423. The van der Waals surface area contributed by atoms with E-state index in [0.717, 1.165) is 11.1 Å². The molecule has 0 aliphatic carbocycles. The Kier molecular flexibility index (Phi) is 7.25. The van der Waals surface area contributed by atoms with Crippen molar-refractivity contribution < 1.29 is 9.59 Å². The molecule has 0 aliphatic heterocycles. The lowest BCUT2D eigenvalue weighted by molar-refractivity contribution is -0.122. The maximum Gasteiger partial charge on any atom is 0.321 e. The van der Waals surface area contributed by atoms with Crippen molar-refractivity contribution in [1.82, 2.24) is 16.0 Å². The molecule has 2 aromatic rings. The molecule has 0 bridgehead atoms. The predicted molar refractivity (Wildman–Crippen MR) is 100.0 cm³/mol. The van der Waals surface area contributed by atoms with Crippen LogP contribution < -0.4 is 16.0 Å². The van der Waals surface area contributed by atoms with Gasteiger partial charge < -0.3 is 10.6 Å². The van der Waals surface area contributed by atoms with Gasteiger partial charge in [-0.05, 0) is 29.7 Å². The second-order valence-corrected chi connectivity index (χ2v) is 6.20. The Morgan fingerprint density at radius 3 is 2.44 bits per heavy atom. The van der Waals surface area contributed by atoms with E-state index in [9.17, 15) is 9.59 Å². The van der Waals surface area contributed by atoms with Gasteiger partial charge in [0.25, 0.3) is 0 Å². The molecule has 0 fully saturated rings. The smallest absolute Gasteiger partial charge is 0.321 e. The summed E-state index contributed by atoms with van der Waals surface area (Å²) in [5.74, 6) is -0.423. The first-order valence-electron chi connectivity index (χ1n) is 7.76. The number of nitrogens with one attached hydrogen (secondary N) is 3. The molecule has 0 saturated heterocycles. The van der Waals surface area contributed by atoms with Crippen molar-refractivity contribution in [3.8, 4) is 0 Å². The molecule has 0 aliphatic rings. The van der Waals surface area contributed by atoms with E-state index in [1.54, 1.807) is 12.1 Å². The van der Waals surface area contributed by atoms with Crippen LogP contribution in [0.2, 0.25) is 10.0 Å². The molecule has 0 aromatic heterocycles. The molecule has 0 radical (unpaired) electrons. The van der Waals surface area contributed by atoms with Gasteiger partial charge in [0.2, 0.25) is 5.91 Å². The Hall–Kier alpha value is -2.08. The van der Waals surface area contributed by atoms with Crippen LogP contribution in [0.25, 0.3) is 0 Å². The summed E-state index contributed by atoms with van der Waals surface area (Å²) in [6.07, 6.45) is 0.618. The van der Waals surface area contributed by atoms with E-state index >= 15 is 0 Å². The number of hydrogen-bond acceptors (Lipinski definition) is 3. The molecule has 25 heavy (non-hydrogen) atoms. The number of carbonyl (C=O) groups is 2. The highest BCUT2D eigenvalue weighted by Gasteiger charge is 2.21. The molecule has 3 amide bonds. The molecule has 1 atom stereocenters. The van der Waals surface area contributed by atoms with Crippen LogP contribution in [0.4, 0.5) is 4.79 Å². The summed E-state index contributed by atoms with van der Waals surface area (Å²) in [6, 6.07) is 13.3. The molecule has 132 valence electrons. The first kappa shape index (κ1) is 19.2. The molecule has 2 rings (SSSR count). The maximum atomic E-state index is 12.4. The topological polar surface area (TPSA) is 70.2 Å². The number of amides is 3. The average molecular weight is 380 g/mol. The number of urea groups is 1. The van der Waals surface area contributed by atoms with Crippen molar-refractivity contribution in [3.05, 3.63) is 69.7 Å². The van der Waals surface area contributed by atoms with Crippen molar-refractivity contribution in [2.45, 2.75) is 12.5 Å². The molecular weight excluding hydrogens is 361 g/mol. The van der Waals surface area contributed by atoms with Gasteiger partial charge in [0, 0.05) is 23.6 Å². The third kappa shape index (κ3) is 5.74. The molecular formula is C18H19Cl2N3O2. The molecule has 0 heterocycles. The highest BCUT2D eigenvalue weighted by atomic mass is 35.5. The first-order valence-corrected chi connectivity index (χ1v) is 8.51. The van der Waals surface area contributed by atoms with Gasteiger partial charge in [-0.2, -0.15) is 0 Å². The SMILES string of the molecule is CNC(=O)NC(=O)[C@H](NCCc1ccc(Cl)cc1Cl)c1ccccc1. The lowest BCUT2D eigenvalue weighted by Crippen LogP contribution is -2.44. The number of rotatable bonds is 6. The van der Waals surface area contributed by atoms with Crippen LogP contribution in [0.5, 0.6) is 0 Å². The lowest BCUT2D eigenvalue weighted by atomic mass is 10.1. The zero-order valence-corrected chi connectivity index (χ0v) is 15.2. The summed E-state index contributed by atoms with van der Waals surface area (Å²) in [5.41, 5.74) is 1.70. The minimum atomic E-state index is -0.649. The molecule has 2 aromatic carbocycles. The van der Waals surface area contributed by atoms with E-state index in [1.807, 2.05) is 36.4 Å².